The highest BCUT2D eigenvalue weighted by atomic mass is 14.9. The average Bonchev–Trinajstić information content (AvgIpc) is 2.53. The number of rotatable bonds is 4. The molecule has 1 saturated carbocycles. The molecule has 1 fully saturated rings. The standard InChI is InChI=1S/C18H24N2/c1-2-20-18(14-7-4-3-5-8-14)17-10-6-9-15-13-19-12-11-16(15)17/h6,9-14,18,20H,2-5,7-8H2,1H3. The van der Waals surface area contributed by atoms with Gasteiger partial charge in [0.1, 0.15) is 0 Å². The molecule has 0 radical (unpaired) electrons. The third kappa shape index (κ3) is 2.71. The highest BCUT2D eigenvalue weighted by molar-refractivity contribution is 5.85. The molecule has 1 aliphatic carbocycles. The number of hydrogen-bond acceptors (Lipinski definition) is 2. The predicted octanol–water partition coefficient (Wildman–Crippen LogP) is 4.47. The van der Waals surface area contributed by atoms with Gasteiger partial charge in [0.15, 0.2) is 0 Å². The van der Waals surface area contributed by atoms with Gasteiger partial charge in [0.05, 0.1) is 0 Å². The molecule has 0 saturated heterocycles. The lowest BCUT2D eigenvalue weighted by Crippen LogP contribution is -2.29. The number of pyridine rings is 1. The van der Waals surface area contributed by atoms with Crippen molar-refractivity contribution < 1.29 is 0 Å². The molecule has 0 aliphatic heterocycles. The molecule has 0 spiro atoms. The van der Waals surface area contributed by atoms with Gasteiger partial charge in [0.25, 0.3) is 0 Å². The molecular formula is C18H24N2. The zero-order valence-corrected chi connectivity index (χ0v) is 12.3. The van der Waals surface area contributed by atoms with Gasteiger partial charge in [0.2, 0.25) is 0 Å². The van der Waals surface area contributed by atoms with Gasteiger partial charge in [0, 0.05) is 23.8 Å². The quantitative estimate of drug-likeness (QED) is 0.885. The molecule has 106 valence electrons. The smallest absolute Gasteiger partial charge is 0.0354 e. The molecule has 1 heterocycles. The first-order chi connectivity index (χ1) is 9.90. The van der Waals surface area contributed by atoms with E-state index in [0.717, 1.165) is 12.5 Å². The fourth-order valence-corrected chi connectivity index (χ4v) is 3.64. The Morgan fingerprint density at radius 1 is 1.20 bits per heavy atom. The predicted molar refractivity (Wildman–Crippen MR) is 84.7 cm³/mol. The van der Waals surface area contributed by atoms with Gasteiger partial charge < -0.3 is 5.32 Å². The second-order valence-corrected chi connectivity index (χ2v) is 5.88. The maximum absolute atomic E-state index is 4.25. The van der Waals surface area contributed by atoms with Crippen LogP contribution in [0.4, 0.5) is 0 Å². The molecule has 1 N–H and O–H groups in total. The largest absolute Gasteiger partial charge is 0.310 e. The van der Waals surface area contributed by atoms with Crippen LogP contribution in [0, 0.1) is 5.92 Å². The Bertz CT molecular complexity index is 553. The molecule has 1 aromatic carbocycles. The van der Waals surface area contributed by atoms with E-state index in [1.54, 1.807) is 0 Å². The van der Waals surface area contributed by atoms with Crippen LogP contribution in [-0.4, -0.2) is 11.5 Å². The number of aromatic nitrogens is 1. The summed E-state index contributed by atoms with van der Waals surface area (Å²) in [5, 5.41) is 6.35. The minimum atomic E-state index is 0.492. The van der Waals surface area contributed by atoms with E-state index in [9.17, 15) is 0 Å². The third-order valence-electron chi connectivity index (χ3n) is 4.59. The van der Waals surface area contributed by atoms with E-state index in [1.807, 2.05) is 12.4 Å². The van der Waals surface area contributed by atoms with Gasteiger partial charge in [-0.1, -0.05) is 44.4 Å². The number of nitrogens with zero attached hydrogens (tertiary/aromatic N) is 1. The Morgan fingerprint density at radius 3 is 2.85 bits per heavy atom. The van der Waals surface area contributed by atoms with Crippen LogP contribution in [0.15, 0.2) is 36.7 Å². The van der Waals surface area contributed by atoms with Gasteiger partial charge >= 0.3 is 0 Å². The van der Waals surface area contributed by atoms with Crippen LogP contribution in [0.5, 0.6) is 0 Å². The van der Waals surface area contributed by atoms with Crippen LogP contribution in [0.1, 0.15) is 50.6 Å². The van der Waals surface area contributed by atoms with Gasteiger partial charge in [-0.15, -0.1) is 0 Å². The minimum Gasteiger partial charge on any atom is -0.310 e. The molecular weight excluding hydrogens is 244 g/mol. The van der Waals surface area contributed by atoms with Gasteiger partial charge in [-0.2, -0.15) is 0 Å². The molecule has 1 atom stereocenters. The first-order valence-electron chi connectivity index (χ1n) is 7.96. The van der Waals surface area contributed by atoms with E-state index in [4.69, 9.17) is 0 Å². The highest BCUT2D eigenvalue weighted by Gasteiger charge is 2.25. The van der Waals surface area contributed by atoms with E-state index in [1.165, 1.54) is 48.4 Å². The number of benzene rings is 1. The molecule has 0 amide bonds. The van der Waals surface area contributed by atoms with E-state index >= 15 is 0 Å². The molecule has 1 aliphatic rings. The first kappa shape index (κ1) is 13.6. The molecule has 3 rings (SSSR count). The van der Waals surface area contributed by atoms with E-state index in [2.05, 4.69) is 41.5 Å². The first-order valence-corrected chi connectivity index (χ1v) is 7.96. The van der Waals surface area contributed by atoms with Crippen molar-refractivity contribution in [3.05, 3.63) is 42.2 Å². The Kier molecular flexibility index (Phi) is 4.31. The Labute approximate surface area is 121 Å². The summed E-state index contributed by atoms with van der Waals surface area (Å²) >= 11 is 0. The van der Waals surface area contributed by atoms with Crippen molar-refractivity contribution in [2.75, 3.05) is 6.54 Å². The SMILES string of the molecule is CCNC(c1cccc2cnccc12)C1CCCCC1. The second-order valence-electron chi connectivity index (χ2n) is 5.88. The molecule has 2 aromatic rings. The summed E-state index contributed by atoms with van der Waals surface area (Å²) in [7, 11) is 0. The van der Waals surface area contributed by atoms with Crippen molar-refractivity contribution in [3.8, 4) is 0 Å². The summed E-state index contributed by atoms with van der Waals surface area (Å²) in [4.78, 5) is 4.25. The molecule has 1 unspecified atom stereocenters. The zero-order chi connectivity index (χ0) is 13.8. The van der Waals surface area contributed by atoms with E-state index < -0.39 is 0 Å². The topological polar surface area (TPSA) is 24.9 Å². The van der Waals surface area contributed by atoms with Crippen LogP contribution >= 0.6 is 0 Å². The monoisotopic (exact) mass is 268 g/mol. The Hall–Kier alpha value is -1.41. The van der Waals surface area contributed by atoms with Gasteiger partial charge in [-0.05, 0) is 42.3 Å². The summed E-state index contributed by atoms with van der Waals surface area (Å²) in [6.45, 7) is 3.24. The summed E-state index contributed by atoms with van der Waals surface area (Å²) in [5.41, 5.74) is 1.46. The lowest BCUT2D eigenvalue weighted by molar-refractivity contribution is 0.275. The fraction of sp³-hybridized carbons (Fsp3) is 0.500. The van der Waals surface area contributed by atoms with Crippen molar-refractivity contribution in [1.29, 1.82) is 0 Å². The van der Waals surface area contributed by atoms with Gasteiger partial charge in [-0.3, -0.25) is 4.98 Å². The lowest BCUT2D eigenvalue weighted by Gasteiger charge is -2.32. The van der Waals surface area contributed by atoms with Crippen LogP contribution in [0.3, 0.4) is 0 Å². The number of nitrogens with one attached hydrogen (secondary N) is 1. The van der Waals surface area contributed by atoms with Crippen LogP contribution < -0.4 is 5.32 Å². The third-order valence-corrected chi connectivity index (χ3v) is 4.59. The Balaban J connectivity index is 2.00. The molecule has 20 heavy (non-hydrogen) atoms. The van der Waals surface area contributed by atoms with Crippen molar-refractivity contribution in [2.24, 2.45) is 5.92 Å². The molecule has 2 nitrogen and oxygen atoms in total. The molecule has 1 aromatic heterocycles. The second kappa shape index (κ2) is 6.36. The van der Waals surface area contributed by atoms with Crippen molar-refractivity contribution in [3.63, 3.8) is 0 Å². The Morgan fingerprint density at radius 2 is 2.05 bits per heavy atom. The minimum absolute atomic E-state index is 0.492. The highest BCUT2D eigenvalue weighted by Crippen LogP contribution is 2.36. The number of hydrogen-bond donors (Lipinski definition) is 1. The molecule has 2 heteroatoms. The number of fused-ring (bicyclic) bond motifs is 1. The normalized spacial score (nSPS) is 18.2. The van der Waals surface area contributed by atoms with Crippen LogP contribution in [-0.2, 0) is 0 Å². The summed E-state index contributed by atoms with van der Waals surface area (Å²) in [6.07, 6.45) is 10.8. The summed E-state index contributed by atoms with van der Waals surface area (Å²) < 4.78 is 0. The zero-order valence-electron chi connectivity index (χ0n) is 12.3. The average molecular weight is 268 g/mol. The van der Waals surface area contributed by atoms with Crippen molar-refractivity contribution >= 4 is 10.8 Å². The maximum Gasteiger partial charge on any atom is 0.0354 e. The van der Waals surface area contributed by atoms with Crippen molar-refractivity contribution in [1.82, 2.24) is 10.3 Å². The maximum atomic E-state index is 4.25. The van der Waals surface area contributed by atoms with Gasteiger partial charge in [-0.25, -0.2) is 0 Å². The summed E-state index contributed by atoms with van der Waals surface area (Å²) in [6, 6.07) is 9.29. The van der Waals surface area contributed by atoms with E-state index in [-0.39, 0.29) is 0 Å². The lowest BCUT2D eigenvalue weighted by atomic mass is 9.80. The van der Waals surface area contributed by atoms with Crippen molar-refractivity contribution in [2.45, 2.75) is 45.1 Å². The summed E-state index contributed by atoms with van der Waals surface area (Å²) in [5.74, 6) is 0.780. The van der Waals surface area contributed by atoms with Crippen LogP contribution in [0.25, 0.3) is 10.8 Å². The van der Waals surface area contributed by atoms with E-state index in [0.29, 0.717) is 6.04 Å². The van der Waals surface area contributed by atoms with Crippen LogP contribution in [0.2, 0.25) is 0 Å². The molecule has 0 bridgehead atoms. The fourth-order valence-electron chi connectivity index (χ4n) is 3.64.